The largest absolute Gasteiger partial charge is 0.460 e. The van der Waals surface area contributed by atoms with Gasteiger partial charge in [0.25, 0.3) is 11.7 Å². The zero-order chi connectivity index (χ0) is 59.8. The van der Waals surface area contributed by atoms with Crippen LogP contribution in [0.3, 0.4) is 0 Å². The predicted molar refractivity (Wildman–Crippen MR) is 312 cm³/mol. The second-order valence-corrected chi connectivity index (χ2v) is 29.5. The van der Waals surface area contributed by atoms with E-state index in [1.807, 2.05) is 83.8 Å². The van der Waals surface area contributed by atoms with E-state index in [1.165, 1.54) is 12.0 Å². The van der Waals surface area contributed by atoms with Gasteiger partial charge in [-0.25, -0.2) is 9.59 Å². The lowest BCUT2D eigenvalue weighted by molar-refractivity contribution is -0.265. The van der Waals surface area contributed by atoms with Crippen LogP contribution in [0.1, 0.15) is 126 Å². The monoisotopic (exact) mass is 1160 g/mol. The summed E-state index contributed by atoms with van der Waals surface area (Å²) in [5.41, 5.74) is 1.56. The molecule has 0 unspecified atom stereocenters. The van der Waals surface area contributed by atoms with Crippen LogP contribution in [-0.2, 0) is 61.6 Å². The Morgan fingerprint density at radius 2 is 1.56 bits per heavy atom. The molecule has 0 aromatic carbocycles. The Hall–Kier alpha value is -3.92. The number of Topliss-reactive ketones (excluding diaryl/α,β-unsaturated/α-hetero) is 3. The minimum atomic E-state index is -2.45. The Morgan fingerprint density at radius 1 is 0.840 bits per heavy atom. The first-order valence-corrected chi connectivity index (χ1v) is 33.4. The number of allylic oxidation sites excluding steroid dienone is 6. The second-order valence-electron chi connectivity index (χ2n) is 25.0. The van der Waals surface area contributed by atoms with E-state index in [1.54, 1.807) is 40.0 Å². The van der Waals surface area contributed by atoms with Crippen molar-refractivity contribution in [1.82, 2.24) is 14.7 Å². The molecule has 2 amide bonds. The number of aliphatic hydroxyl groups is 1. The Balaban J connectivity index is 1.46. The summed E-state index contributed by atoms with van der Waals surface area (Å²) in [5.74, 6) is -7.76. The van der Waals surface area contributed by atoms with Crippen LogP contribution in [0.4, 0.5) is 4.79 Å². The lowest BCUT2D eigenvalue weighted by atomic mass is 9.78. The summed E-state index contributed by atoms with van der Waals surface area (Å²) in [4.78, 5) is 91.3. The quantitative estimate of drug-likeness (QED) is 0.0842. The maximum atomic E-state index is 14.8. The number of ether oxygens (including phenoxy) is 7. The zero-order valence-electron chi connectivity index (χ0n) is 51.5. The summed E-state index contributed by atoms with van der Waals surface area (Å²) in [7, 11) is 4.13. The molecule has 0 radical (unpaired) electrons. The van der Waals surface area contributed by atoms with Crippen LogP contribution < -0.4 is 0 Å². The first-order chi connectivity index (χ1) is 38.3. The highest BCUT2D eigenvalue weighted by atomic mass is 28.4. The van der Waals surface area contributed by atoms with Crippen LogP contribution in [0, 0.1) is 35.5 Å². The molecule has 4 aliphatic heterocycles. The lowest BCUT2D eigenvalue weighted by Gasteiger charge is -2.42. The van der Waals surface area contributed by atoms with Crippen molar-refractivity contribution in [2.45, 2.75) is 200 Å². The average Bonchev–Trinajstić information content (AvgIpc) is 3.64. The Kier molecular flexibility index (Phi) is 26.7. The molecule has 81 heavy (non-hydrogen) atoms. The lowest BCUT2D eigenvalue weighted by Crippen LogP contribution is -2.61. The number of hydrogen-bond acceptors (Lipinski definition) is 16. The fourth-order valence-corrected chi connectivity index (χ4v) is 13.3. The number of likely N-dealkylation sites (N-methyl/N-ethyl adjacent to an activating group) is 1. The fraction of sp³-hybridized carbons (Fsp3) is 0.774. The number of piperidine rings is 1. The van der Waals surface area contributed by atoms with Crippen molar-refractivity contribution in [2.75, 3.05) is 74.3 Å². The summed E-state index contributed by atoms with van der Waals surface area (Å²) >= 11 is 0. The molecule has 0 spiro atoms. The molecule has 5 rings (SSSR count). The fourth-order valence-electron chi connectivity index (χ4n) is 12.2. The molecule has 4 heterocycles. The summed E-state index contributed by atoms with van der Waals surface area (Å²) in [5, 5.41) is 12.1. The van der Waals surface area contributed by atoms with E-state index >= 15 is 0 Å². The maximum Gasteiger partial charge on any atom is 0.409 e. The highest BCUT2D eigenvalue weighted by Crippen LogP contribution is 2.38. The van der Waals surface area contributed by atoms with Crippen molar-refractivity contribution in [3.8, 4) is 0 Å². The molecule has 2 bridgehead atoms. The highest BCUT2D eigenvalue weighted by molar-refractivity contribution is 6.69. The van der Waals surface area contributed by atoms with Crippen molar-refractivity contribution in [2.24, 2.45) is 35.5 Å². The zero-order valence-corrected chi connectivity index (χ0v) is 52.5. The molecule has 1 N–H and O–H groups in total. The smallest absolute Gasteiger partial charge is 0.409 e. The van der Waals surface area contributed by atoms with Gasteiger partial charge in [0.15, 0.2) is 14.1 Å². The predicted octanol–water partition coefficient (Wildman–Crippen LogP) is 8.45. The van der Waals surface area contributed by atoms with E-state index in [0.717, 1.165) is 18.7 Å². The average molecular weight is 1160 g/mol. The van der Waals surface area contributed by atoms with Crippen molar-refractivity contribution in [3.05, 3.63) is 47.6 Å². The summed E-state index contributed by atoms with van der Waals surface area (Å²) in [6.45, 7) is 23.6. The number of methoxy groups -OCH3 is 3. The van der Waals surface area contributed by atoms with Gasteiger partial charge >= 0.3 is 12.1 Å². The number of carbonyl (C=O) groups is 6. The van der Waals surface area contributed by atoms with Crippen molar-refractivity contribution < 1.29 is 71.5 Å². The molecule has 0 aromatic rings. The van der Waals surface area contributed by atoms with Crippen LogP contribution in [-0.4, -0.2) is 192 Å². The number of ketones is 3. The van der Waals surface area contributed by atoms with Gasteiger partial charge in [0.05, 0.1) is 37.6 Å². The second kappa shape index (κ2) is 31.8. The number of morpholine rings is 1. The Morgan fingerprint density at radius 3 is 2.22 bits per heavy atom. The van der Waals surface area contributed by atoms with Gasteiger partial charge < -0.3 is 52.5 Å². The first-order valence-electron chi connectivity index (χ1n) is 30.0. The molecule has 15 atom stereocenters. The van der Waals surface area contributed by atoms with Gasteiger partial charge in [-0.3, -0.25) is 24.1 Å². The van der Waals surface area contributed by atoms with Crippen LogP contribution in [0.25, 0.3) is 0 Å². The molecule has 1 saturated carbocycles. The molecule has 458 valence electrons. The van der Waals surface area contributed by atoms with Gasteiger partial charge in [-0.15, -0.1) is 0 Å². The van der Waals surface area contributed by atoms with Gasteiger partial charge in [0, 0.05) is 91.7 Å². The molecule has 0 aromatic heterocycles. The standard InChI is InChI=1S/C62H101N3O15Si/c1-40-20-16-15-17-21-41(2)52(73-9)38-48-25-23-46(7)62(72,79-48)58(68)59(69)65-27-19-18-22-49(65)60(70)77-53(39-50(66)42(3)35-45(6)56(80-81(12,13)14)57(75-11)55(67)44(5)34-40)43(4)36-47-24-26-51(54(37-47)74-10)78-61(71)63(8)28-29-64-30-32-76-33-31-64/h15-17,20-21,35,40,42-44,46-49,51-54,56-57,72H,18-19,22-34,36-39H2,1-14H3/b17-15?,20-16+,41-21?,45-35+/t40-,42-,43-,44-,46-,47+,48+,49+,51-,52+,53+,54-,56-,57+,62-/m1/s1. The third kappa shape index (κ3) is 19.6. The third-order valence-corrected chi connectivity index (χ3v) is 18.3. The number of cyclic esters (lactones) is 1. The molecule has 3 saturated heterocycles. The molecule has 4 fully saturated rings. The minimum Gasteiger partial charge on any atom is -0.460 e. The number of nitrogens with zero attached hydrogens (tertiary/aromatic N) is 3. The minimum absolute atomic E-state index is 0.0402. The summed E-state index contributed by atoms with van der Waals surface area (Å²) in [6.07, 6.45) is 11.9. The summed E-state index contributed by atoms with van der Waals surface area (Å²) in [6, 6.07) is -1.16. The number of rotatable bonds is 12. The molecule has 5 aliphatic rings. The van der Waals surface area contributed by atoms with E-state index in [9.17, 15) is 33.9 Å². The SMILES string of the molecule is CO[C@H]1C[C@@H]2CC[C@@H](C)[C@@](O)(O2)C(=O)C(=O)N2CCCC[C@H]2C(=O)O[C@H]([C@H](C)C[C@@H]2CC[C@@H](OC(=O)N(C)CCN3CCOCC3)[C@H](OC)C2)CC(=O)[C@H](C)/C=C(\C)[C@@H](O[Si](C)(C)C)[C@@H](OC)C(=O)[C@H](C)C[C@H](C)/C=C/C=CC=C1C. The van der Waals surface area contributed by atoms with Crippen molar-refractivity contribution in [3.63, 3.8) is 0 Å². The van der Waals surface area contributed by atoms with E-state index in [4.69, 9.17) is 37.6 Å². The topological polar surface area (TPSA) is 206 Å². The number of fused-ring (bicyclic) bond motifs is 3. The van der Waals surface area contributed by atoms with Crippen LogP contribution >= 0.6 is 0 Å². The van der Waals surface area contributed by atoms with Gasteiger partial charge in [-0.05, 0) is 127 Å². The number of esters is 1. The van der Waals surface area contributed by atoms with Gasteiger partial charge in [-0.1, -0.05) is 71.1 Å². The first kappa shape index (κ1) is 67.9. The van der Waals surface area contributed by atoms with Crippen LogP contribution in [0.2, 0.25) is 19.6 Å². The van der Waals surface area contributed by atoms with Crippen molar-refractivity contribution >= 4 is 43.6 Å². The highest BCUT2D eigenvalue weighted by Gasteiger charge is 2.53. The molecule has 18 nitrogen and oxygen atoms in total. The van der Waals surface area contributed by atoms with E-state index in [-0.39, 0.29) is 54.6 Å². The van der Waals surface area contributed by atoms with E-state index in [0.29, 0.717) is 96.1 Å². The number of amides is 2. The van der Waals surface area contributed by atoms with E-state index < -0.39 is 98.5 Å². The number of hydrogen-bond donors (Lipinski definition) is 1. The van der Waals surface area contributed by atoms with Gasteiger partial charge in [0.1, 0.15) is 30.1 Å². The molecular formula is C62H101N3O15Si. The summed E-state index contributed by atoms with van der Waals surface area (Å²) < 4.78 is 48.8. The Bertz CT molecular complexity index is 2220. The van der Waals surface area contributed by atoms with Gasteiger partial charge in [0.2, 0.25) is 5.79 Å². The third-order valence-electron chi connectivity index (χ3n) is 17.3. The van der Waals surface area contributed by atoms with E-state index in [2.05, 4.69) is 11.8 Å². The molecule has 1 aliphatic carbocycles. The Labute approximate surface area is 485 Å². The molecule has 19 heteroatoms. The van der Waals surface area contributed by atoms with Crippen LogP contribution in [0.5, 0.6) is 0 Å². The van der Waals surface area contributed by atoms with Crippen molar-refractivity contribution in [1.29, 1.82) is 0 Å². The molecular weight excluding hydrogens is 1050 g/mol. The normalized spacial score (nSPS) is 35.2. The van der Waals surface area contributed by atoms with Crippen LogP contribution in [0.15, 0.2) is 47.6 Å². The van der Waals surface area contributed by atoms with Gasteiger partial charge in [-0.2, -0.15) is 0 Å². The maximum absolute atomic E-state index is 14.8. The number of carbonyl (C=O) groups excluding carboxylic acids is 6.